The fourth-order valence-electron chi connectivity index (χ4n) is 1.96. The highest BCUT2D eigenvalue weighted by molar-refractivity contribution is 5.48. The summed E-state index contributed by atoms with van der Waals surface area (Å²) < 4.78 is 15.8. The molecule has 0 aliphatic carbocycles. The molecule has 5 heteroatoms. The van der Waals surface area contributed by atoms with Crippen LogP contribution in [0.15, 0.2) is 28.8 Å². The summed E-state index contributed by atoms with van der Waals surface area (Å²) in [4.78, 5) is 0. The number of aryl methyl sites for hydroxylation is 1. The topological polar surface area (TPSA) is 56.5 Å². The molecule has 1 N–H and O–H groups in total. The molecule has 1 aliphatic rings. The van der Waals surface area contributed by atoms with Gasteiger partial charge in [0.1, 0.15) is 5.76 Å². The lowest BCUT2D eigenvalue weighted by molar-refractivity contribution is 0.173. The number of aromatic nitrogens is 1. The van der Waals surface area contributed by atoms with Gasteiger partial charge in [0.15, 0.2) is 11.5 Å². The smallest absolute Gasteiger partial charge is 0.231 e. The van der Waals surface area contributed by atoms with Crippen LogP contribution in [0.1, 0.15) is 17.0 Å². The van der Waals surface area contributed by atoms with Gasteiger partial charge in [-0.1, -0.05) is 17.3 Å². The standard InChI is InChI=1S/C13H14N2O3/c1-9-5-11(15-18-9)7-14-6-10-3-2-4-12-13(10)17-8-16-12/h2-5,14H,6-8H2,1H3. The molecule has 94 valence electrons. The van der Waals surface area contributed by atoms with E-state index in [1.807, 2.05) is 31.2 Å². The first-order valence-corrected chi connectivity index (χ1v) is 5.83. The number of hydrogen-bond acceptors (Lipinski definition) is 5. The lowest BCUT2D eigenvalue weighted by Crippen LogP contribution is -2.13. The number of benzene rings is 1. The Morgan fingerprint density at radius 2 is 2.22 bits per heavy atom. The maximum atomic E-state index is 5.44. The van der Waals surface area contributed by atoms with Gasteiger partial charge >= 0.3 is 0 Å². The van der Waals surface area contributed by atoms with Crippen LogP contribution in [0.5, 0.6) is 11.5 Å². The van der Waals surface area contributed by atoms with Crippen LogP contribution in [0.4, 0.5) is 0 Å². The van der Waals surface area contributed by atoms with E-state index >= 15 is 0 Å². The van der Waals surface area contributed by atoms with Gasteiger partial charge < -0.3 is 19.3 Å². The first-order chi connectivity index (χ1) is 8.83. The molecule has 0 unspecified atom stereocenters. The van der Waals surface area contributed by atoms with Crippen molar-refractivity contribution in [3.8, 4) is 11.5 Å². The Morgan fingerprint density at radius 3 is 3.06 bits per heavy atom. The summed E-state index contributed by atoms with van der Waals surface area (Å²) in [7, 11) is 0. The normalized spacial score (nSPS) is 12.9. The number of fused-ring (bicyclic) bond motifs is 1. The maximum absolute atomic E-state index is 5.44. The lowest BCUT2D eigenvalue weighted by Gasteiger charge is -2.06. The van der Waals surface area contributed by atoms with Crippen LogP contribution in [0.25, 0.3) is 0 Å². The Morgan fingerprint density at radius 1 is 1.28 bits per heavy atom. The van der Waals surface area contributed by atoms with Gasteiger partial charge in [0.25, 0.3) is 0 Å². The number of rotatable bonds is 4. The van der Waals surface area contributed by atoms with Crippen molar-refractivity contribution >= 4 is 0 Å². The van der Waals surface area contributed by atoms with E-state index in [4.69, 9.17) is 14.0 Å². The van der Waals surface area contributed by atoms with E-state index in [2.05, 4.69) is 10.5 Å². The van der Waals surface area contributed by atoms with Crippen molar-refractivity contribution in [1.29, 1.82) is 0 Å². The van der Waals surface area contributed by atoms with E-state index in [0.29, 0.717) is 19.9 Å². The molecule has 2 heterocycles. The van der Waals surface area contributed by atoms with Gasteiger partial charge in [0.2, 0.25) is 6.79 Å². The van der Waals surface area contributed by atoms with Crippen LogP contribution in [0, 0.1) is 6.92 Å². The molecule has 1 aliphatic heterocycles. The number of hydrogen-bond donors (Lipinski definition) is 1. The van der Waals surface area contributed by atoms with Crippen molar-refractivity contribution in [2.24, 2.45) is 0 Å². The van der Waals surface area contributed by atoms with Gasteiger partial charge in [0, 0.05) is 24.7 Å². The first kappa shape index (κ1) is 11.1. The summed E-state index contributed by atoms with van der Waals surface area (Å²) in [5.74, 6) is 2.47. The minimum Gasteiger partial charge on any atom is -0.454 e. The van der Waals surface area contributed by atoms with Gasteiger partial charge in [-0.3, -0.25) is 0 Å². The van der Waals surface area contributed by atoms with Crippen molar-refractivity contribution in [3.05, 3.63) is 41.3 Å². The predicted molar refractivity (Wildman–Crippen MR) is 64.3 cm³/mol. The van der Waals surface area contributed by atoms with Crippen LogP contribution in [0.2, 0.25) is 0 Å². The highest BCUT2D eigenvalue weighted by atomic mass is 16.7. The summed E-state index contributed by atoms with van der Waals surface area (Å²) in [6, 6.07) is 7.81. The summed E-state index contributed by atoms with van der Waals surface area (Å²) in [5.41, 5.74) is 1.99. The van der Waals surface area contributed by atoms with E-state index < -0.39 is 0 Å². The zero-order chi connectivity index (χ0) is 12.4. The molecule has 3 rings (SSSR count). The van der Waals surface area contributed by atoms with E-state index in [1.165, 1.54) is 0 Å². The Balaban J connectivity index is 1.62. The second-order valence-corrected chi connectivity index (χ2v) is 4.18. The number of nitrogens with one attached hydrogen (secondary N) is 1. The van der Waals surface area contributed by atoms with Crippen molar-refractivity contribution < 1.29 is 14.0 Å². The molecule has 0 radical (unpaired) electrons. The van der Waals surface area contributed by atoms with Crippen molar-refractivity contribution in [2.75, 3.05) is 6.79 Å². The third-order valence-corrected chi connectivity index (χ3v) is 2.78. The van der Waals surface area contributed by atoms with E-state index in [1.54, 1.807) is 0 Å². The quantitative estimate of drug-likeness (QED) is 0.894. The molecule has 0 spiro atoms. The fourth-order valence-corrected chi connectivity index (χ4v) is 1.96. The molecule has 1 aromatic carbocycles. The van der Waals surface area contributed by atoms with Gasteiger partial charge in [-0.25, -0.2) is 0 Å². The molecule has 0 amide bonds. The largest absolute Gasteiger partial charge is 0.454 e. The zero-order valence-electron chi connectivity index (χ0n) is 10.1. The molecule has 2 aromatic rings. The SMILES string of the molecule is Cc1cc(CNCc2cccc3c2OCO3)no1. The molecule has 5 nitrogen and oxygen atoms in total. The monoisotopic (exact) mass is 246 g/mol. The Bertz CT molecular complexity index is 551. The molecule has 0 bridgehead atoms. The second kappa shape index (κ2) is 4.70. The van der Waals surface area contributed by atoms with E-state index in [9.17, 15) is 0 Å². The molecule has 1 aromatic heterocycles. The minimum absolute atomic E-state index is 0.300. The predicted octanol–water partition coefficient (Wildman–Crippen LogP) is 2.00. The summed E-state index contributed by atoms with van der Waals surface area (Å²) in [6.07, 6.45) is 0. The lowest BCUT2D eigenvalue weighted by atomic mass is 10.2. The summed E-state index contributed by atoms with van der Waals surface area (Å²) in [5, 5.41) is 7.23. The minimum atomic E-state index is 0.300. The molecule has 0 fully saturated rings. The average Bonchev–Trinajstić information content (AvgIpc) is 2.98. The van der Waals surface area contributed by atoms with Crippen LogP contribution in [0.3, 0.4) is 0 Å². The fraction of sp³-hybridized carbons (Fsp3) is 0.308. The van der Waals surface area contributed by atoms with Gasteiger partial charge in [-0.05, 0) is 13.0 Å². The summed E-state index contributed by atoms with van der Waals surface area (Å²) in [6.45, 7) is 3.56. The molecule has 18 heavy (non-hydrogen) atoms. The van der Waals surface area contributed by atoms with Crippen molar-refractivity contribution in [2.45, 2.75) is 20.0 Å². The number of para-hydroxylation sites is 1. The number of nitrogens with zero attached hydrogens (tertiary/aromatic N) is 1. The maximum Gasteiger partial charge on any atom is 0.231 e. The average molecular weight is 246 g/mol. The van der Waals surface area contributed by atoms with Gasteiger partial charge in [0.05, 0.1) is 5.69 Å². The van der Waals surface area contributed by atoms with Crippen LogP contribution in [-0.2, 0) is 13.1 Å². The Hall–Kier alpha value is -2.01. The summed E-state index contributed by atoms with van der Waals surface area (Å²) >= 11 is 0. The molecule has 0 saturated carbocycles. The van der Waals surface area contributed by atoms with Crippen LogP contribution >= 0.6 is 0 Å². The number of ether oxygens (including phenoxy) is 2. The highest BCUT2D eigenvalue weighted by Crippen LogP contribution is 2.35. The van der Waals surface area contributed by atoms with Crippen LogP contribution < -0.4 is 14.8 Å². The van der Waals surface area contributed by atoms with Crippen molar-refractivity contribution in [3.63, 3.8) is 0 Å². The Kier molecular flexibility index (Phi) is 2.90. The third-order valence-electron chi connectivity index (χ3n) is 2.78. The molecule has 0 atom stereocenters. The van der Waals surface area contributed by atoms with Crippen molar-refractivity contribution in [1.82, 2.24) is 10.5 Å². The zero-order valence-corrected chi connectivity index (χ0v) is 10.1. The van der Waals surface area contributed by atoms with E-state index in [-0.39, 0.29) is 0 Å². The second-order valence-electron chi connectivity index (χ2n) is 4.18. The molecule has 0 saturated heterocycles. The first-order valence-electron chi connectivity index (χ1n) is 5.83. The molecular formula is C13H14N2O3. The molecular weight excluding hydrogens is 232 g/mol. The Labute approximate surface area is 105 Å². The van der Waals surface area contributed by atoms with Gasteiger partial charge in [-0.2, -0.15) is 0 Å². The third kappa shape index (κ3) is 2.17. The van der Waals surface area contributed by atoms with Gasteiger partial charge in [-0.15, -0.1) is 0 Å². The van der Waals surface area contributed by atoms with Crippen LogP contribution in [-0.4, -0.2) is 11.9 Å². The van der Waals surface area contributed by atoms with E-state index in [0.717, 1.165) is 28.5 Å². The highest BCUT2D eigenvalue weighted by Gasteiger charge is 2.16.